The van der Waals surface area contributed by atoms with Crippen LogP contribution in [0.2, 0.25) is 0 Å². The lowest BCUT2D eigenvalue weighted by Gasteiger charge is -2.15. The van der Waals surface area contributed by atoms with E-state index in [9.17, 15) is 0 Å². The van der Waals surface area contributed by atoms with Gasteiger partial charge in [0.25, 0.3) is 0 Å². The fraction of sp³-hybridized carbons (Fsp3) is 1.00. The minimum absolute atomic E-state index is 0. The molecule has 0 aromatic rings. The summed E-state index contributed by atoms with van der Waals surface area (Å²) in [6.07, 6.45) is 0. The van der Waals surface area contributed by atoms with Crippen LogP contribution >= 0.6 is 12.4 Å². The zero-order valence-corrected chi connectivity index (χ0v) is 6.22. The number of halogens is 1. The minimum atomic E-state index is 0. The van der Waals surface area contributed by atoms with Crippen molar-refractivity contribution >= 4 is 12.4 Å². The molecule has 0 rings (SSSR count). The van der Waals surface area contributed by atoms with Crippen molar-refractivity contribution in [3.63, 3.8) is 0 Å². The third kappa shape index (κ3) is 10.7. The quantitative estimate of drug-likeness (QED) is 0.514. The molecule has 0 atom stereocenters. The number of hydrogen-bond donors (Lipinski definition) is 1. The summed E-state index contributed by atoms with van der Waals surface area (Å²) in [5, 5.41) is 3.10. The molecule has 7 heavy (non-hydrogen) atoms. The maximum absolute atomic E-state index is 3.10. The second kappa shape index (κ2) is 3.28. The average molecular weight is 124 g/mol. The molecule has 1 N–H and O–H groups in total. The number of hydrogen-bond acceptors (Lipinski definition) is 1. The molecule has 1 nitrogen and oxygen atoms in total. The lowest BCUT2D eigenvalue weighted by atomic mass is 10.1. The second-order valence-corrected chi connectivity index (χ2v) is 2.50. The van der Waals surface area contributed by atoms with E-state index in [4.69, 9.17) is 0 Å². The molecule has 0 aliphatic heterocycles. The highest BCUT2D eigenvalue weighted by molar-refractivity contribution is 5.85. The van der Waals surface area contributed by atoms with E-state index in [-0.39, 0.29) is 12.4 Å². The topological polar surface area (TPSA) is 12.0 Å². The molecule has 0 aliphatic rings. The van der Waals surface area contributed by atoms with E-state index in [1.807, 2.05) is 7.05 Å². The van der Waals surface area contributed by atoms with Crippen LogP contribution in [-0.2, 0) is 0 Å². The fourth-order valence-corrected chi connectivity index (χ4v) is 0. The Labute approximate surface area is 51.9 Å². The van der Waals surface area contributed by atoms with Crippen molar-refractivity contribution in [2.24, 2.45) is 0 Å². The summed E-state index contributed by atoms with van der Waals surface area (Å²) in [5.74, 6) is 0. The van der Waals surface area contributed by atoms with Gasteiger partial charge in [-0.05, 0) is 27.8 Å². The summed E-state index contributed by atoms with van der Waals surface area (Å²) >= 11 is 0. The molecule has 0 aliphatic carbocycles. The van der Waals surface area contributed by atoms with Crippen LogP contribution in [0.4, 0.5) is 0 Å². The maximum Gasteiger partial charge on any atom is 0.00935 e. The van der Waals surface area contributed by atoms with Crippen molar-refractivity contribution in [1.82, 2.24) is 5.32 Å². The molecule has 0 spiro atoms. The molecule has 0 unspecified atom stereocenters. The SMILES string of the molecule is CNC(C)(C)C.Cl. The monoisotopic (exact) mass is 123 g/mol. The predicted octanol–water partition coefficient (Wildman–Crippen LogP) is 1.43. The molecule has 0 aromatic heterocycles. The van der Waals surface area contributed by atoms with Gasteiger partial charge in [0.1, 0.15) is 0 Å². The molecule has 0 saturated heterocycles. The highest BCUT2D eigenvalue weighted by atomic mass is 35.5. The standard InChI is InChI=1S/C5H13N.ClH/c1-5(2,3)6-4;/h6H,1-4H3;1H. The van der Waals surface area contributed by atoms with E-state index >= 15 is 0 Å². The molecule has 0 fully saturated rings. The van der Waals surface area contributed by atoms with Crippen LogP contribution in [0.25, 0.3) is 0 Å². The molecule has 46 valence electrons. The molecule has 2 heteroatoms. The van der Waals surface area contributed by atoms with E-state index in [0.29, 0.717) is 5.54 Å². The average Bonchev–Trinajstić information content (AvgIpc) is 1.35. The molecular weight excluding hydrogens is 110 g/mol. The Morgan fingerprint density at radius 1 is 1.14 bits per heavy atom. The van der Waals surface area contributed by atoms with Gasteiger partial charge in [0, 0.05) is 5.54 Å². The van der Waals surface area contributed by atoms with Crippen molar-refractivity contribution in [1.29, 1.82) is 0 Å². The molecule has 0 heterocycles. The number of rotatable bonds is 0. The van der Waals surface area contributed by atoms with Gasteiger partial charge < -0.3 is 5.32 Å². The third-order valence-corrected chi connectivity index (χ3v) is 0.750. The van der Waals surface area contributed by atoms with Crippen molar-refractivity contribution in [2.75, 3.05) is 7.05 Å². The van der Waals surface area contributed by atoms with Gasteiger partial charge in [-0.1, -0.05) is 0 Å². The predicted molar refractivity (Wildman–Crippen MR) is 36.1 cm³/mol. The van der Waals surface area contributed by atoms with Crippen molar-refractivity contribution in [3.8, 4) is 0 Å². The van der Waals surface area contributed by atoms with Gasteiger partial charge in [0.15, 0.2) is 0 Å². The first-order valence-corrected chi connectivity index (χ1v) is 2.25. The Hall–Kier alpha value is 0.250. The second-order valence-electron chi connectivity index (χ2n) is 2.50. The highest BCUT2D eigenvalue weighted by Gasteiger charge is 2.01. The first-order chi connectivity index (χ1) is 2.56. The summed E-state index contributed by atoms with van der Waals surface area (Å²) in [5.41, 5.74) is 0.292. The highest BCUT2D eigenvalue weighted by Crippen LogP contribution is 1.93. The molecule has 0 saturated carbocycles. The van der Waals surface area contributed by atoms with E-state index < -0.39 is 0 Å². The van der Waals surface area contributed by atoms with E-state index in [1.165, 1.54) is 0 Å². The zero-order valence-electron chi connectivity index (χ0n) is 5.41. The zero-order chi connectivity index (χ0) is 5.21. The Balaban J connectivity index is 0. The van der Waals surface area contributed by atoms with Crippen LogP contribution < -0.4 is 5.32 Å². The first-order valence-electron chi connectivity index (χ1n) is 2.25. The minimum Gasteiger partial charge on any atom is -0.315 e. The molecule has 0 aromatic carbocycles. The lowest BCUT2D eigenvalue weighted by molar-refractivity contribution is 0.469. The van der Waals surface area contributed by atoms with Gasteiger partial charge >= 0.3 is 0 Å². The lowest BCUT2D eigenvalue weighted by Crippen LogP contribution is -2.31. The Morgan fingerprint density at radius 2 is 1.29 bits per heavy atom. The summed E-state index contributed by atoms with van der Waals surface area (Å²) < 4.78 is 0. The molecular formula is C5H14ClN. The summed E-state index contributed by atoms with van der Waals surface area (Å²) in [6, 6.07) is 0. The van der Waals surface area contributed by atoms with Crippen LogP contribution in [0.15, 0.2) is 0 Å². The van der Waals surface area contributed by atoms with Crippen LogP contribution in [0.1, 0.15) is 20.8 Å². The van der Waals surface area contributed by atoms with Crippen molar-refractivity contribution in [2.45, 2.75) is 26.3 Å². The van der Waals surface area contributed by atoms with E-state index in [2.05, 4.69) is 26.1 Å². The first kappa shape index (κ1) is 10.3. The number of nitrogens with one attached hydrogen (secondary N) is 1. The van der Waals surface area contributed by atoms with Crippen LogP contribution in [0.3, 0.4) is 0 Å². The molecule has 0 amide bonds. The smallest absolute Gasteiger partial charge is 0.00935 e. The summed E-state index contributed by atoms with van der Waals surface area (Å²) in [7, 11) is 1.96. The maximum atomic E-state index is 3.10. The van der Waals surface area contributed by atoms with Gasteiger partial charge in [-0.2, -0.15) is 0 Å². The van der Waals surface area contributed by atoms with Gasteiger partial charge in [-0.15, -0.1) is 12.4 Å². The van der Waals surface area contributed by atoms with Gasteiger partial charge in [-0.25, -0.2) is 0 Å². The largest absolute Gasteiger partial charge is 0.315 e. The van der Waals surface area contributed by atoms with Crippen molar-refractivity contribution in [3.05, 3.63) is 0 Å². The summed E-state index contributed by atoms with van der Waals surface area (Å²) in [4.78, 5) is 0. The van der Waals surface area contributed by atoms with Crippen LogP contribution in [0.5, 0.6) is 0 Å². The molecule has 0 radical (unpaired) electrons. The van der Waals surface area contributed by atoms with E-state index in [1.54, 1.807) is 0 Å². The normalized spacial score (nSPS) is 10.3. The van der Waals surface area contributed by atoms with Gasteiger partial charge in [0.05, 0.1) is 0 Å². The Morgan fingerprint density at radius 3 is 1.29 bits per heavy atom. The molecule has 0 bridgehead atoms. The third-order valence-electron chi connectivity index (χ3n) is 0.750. The van der Waals surface area contributed by atoms with Gasteiger partial charge in [-0.3, -0.25) is 0 Å². The Kier molecular flexibility index (Phi) is 4.81. The fourth-order valence-electron chi connectivity index (χ4n) is 0. The van der Waals surface area contributed by atoms with Crippen LogP contribution in [-0.4, -0.2) is 12.6 Å². The van der Waals surface area contributed by atoms with Crippen LogP contribution in [0, 0.1) is 0 Å². The van der Waals surface area contributed by atoms with Crippen molar-refractivity contribution < 1.29 is 0 Å². The Bertz CT molecular complexity index is 37.8. The van der Waals surface area contributed by atoms with Gasteiger partial charge in [0.2, 0.25) is 0 Å². The summed E-state index contributed by atoms with van der Waals surface area (Å²) in [6.45, 7) is 6.40. The van der Waals surface area contributed by atoms with E-state index in [0.717, 1.165) is 0 Å².